The molecule has 1 heterocycles. The predicted molar refractivity (Wildman–Crippen MR) is 84.8 cm³/mol. The minimum atomic E-state index is 0.231. The largest absolute Gasteiger partial charge is 0.336 e. The molecule has 1 unspecified atom stereocenters. The molecule has 0 aromatic heterocycles. The van der Waals surface area contributed by atoms with Crippen LogP contribution < -0.4 is 5.73 Å². The molecule has 1 aromatic rings. The molecule has 3 heteroatoms. The maximum Gasteiger partial charge on any atom is 0.223 e. The molecule has 3 rings (SSSR count). The lowest BCUT2D eigenvalue weighted by Crippen LogP contribution is -2.35. The quantitative estimate of drug-likeness (QED) is 0.927. The van der Waals surface area contributed by atoms with E-state index in [9.17, 15) is 4.79 Å². The van der Waals surface area contributed by atoms with Crippen LogP contribution in [0.5, 0.6) is 0 Å². The second kappa shape index (κ2) is 6.18. The number of carbonyl (C=O) groups excluding carboxylic acids is 1. The summed E-state index contributed by atoms with van der Waals surface area (Å²) in [6.45, 7) is 3.02. The van der Waals surface area contributed by atoms with Crippen LogP contribution in [0.2, 0.25) is 0 Å². The van der Waals surface area contributed by atoms with Gasteiger partial charge in [-0.3, -0.25) is 4.79 Å². The van der Waals surface area contributed by atoms with E-state index in [1.54, 1.807) is 0 Å². The molecule has 1 aliphatic heterocycles. The molecule has 1 aliphatic carbocycles. The Bertz CT molecular complexity index is 514. The van der Waals surface area contributed by atoms with E-state index in [1.807, 2.05) is 0 Å². The first-order chi connectivity index (χ1) is 10.1. The summed E-state index contributed by atoms with van der Waals surface area (Å²) in [7, 11) is 0. The number of carbonyl (C=O) groups is 1. The summed E-state index contributed by atoms with van der Waals surface area (Å²) in [5.41, 5.74) is 8.68. The summed E-state index contributed by atoms with van der Waals surface area (Å²) in [5.74, 6) is 0.706. The zero-order valence-electron chi connectivity index (χ0n) is 12.9. The Hall–Kier alpha value is -1.35. The van der Waals surface area contributed by atoms with Gasteiger partial charge in [-0.05, 0) is 44.1 Å². The number of nitrogens with two attached hydrogens (primary N) is 1. The first kappa shape index (κ1) is 14.6. The number of likely N-dealkylation sites (tertiary alicyclic amines) is 1. The fourth-order valence-electron chi connectivity index (χ4n) is 3.95. The van der Waals surface area contributed by atoms with Gasteiger partial charge < -0.3 is 10.6 Å². The maximum absolute atomic E-state index is 12.7. The molecule has 3 nitrogen and oxygen atoms in total. The normalized spacial score (nSPS) is 29.0. The molecule has 0 bridgehead atoms. The fraction of sp³-hybridized carbons (Fsp3) is 0.611. The van der Waals surface area contributed by atoms with Gasteiger partial charge in [0.1, 0.15) is 0 Å². The van der Waals surface area contributed by atoms with E-state index < -0.39 is 0 Å². The molecule has 1 amide bonds. The third-order valence-corrected chi connectivity index (χ3v) is 5.15. The fourth-order valence-corrected chi connectivity index (χ4v) is 3.95. The average molecular weight is 286 g/mol. The van der Waals surface area contributed by atoms with E-state index in [-0.39, 0.29) is 12.1 Å². The number of rotatable bonds is 3. The lowest BCUT2D eigenvalue weighted by Gasteiger charge is -2.27. The summed E-state index contributed by atoms with van der Waals surface area (Å²) < 4.78 is 0. The van der Waals surface area contributed by atoms with Crippen LogP contribution in [0.25, 0.3) is 0 Å². The van der Waals surface area contributed by atoms with Crippen LogP contribution in [0, 0.1) is 12.8 Å². The Balaban J connectivity index is 1.70. The van der Waals surface area contributed by atoms with Crippen LogP contribution in [-0.2, 0) is 4.79 Å². The molecule has 0 spiro atoms. The molecule has 2 N–H and O–H groups in total. The van der Waals surface area contributed by atoms with Crippen LogP contribution in [-0.4, -0.2) is 23.4 Å². The van der Waals surface area contributed by atoms with E-state index in [1.165, 1.54) is 17.5 Å². The lowest BCUT2D eigenvalue weighted by atomic mass is 9.98. The van der Waals surface area contributed by atoms with Crippen molar-refractivity contribution >= 4 is 5.91 Å². The Labute approximate surface area is 127 Å². The van der Waals surface area contributed by atoms with Gasteiger partial charge in [0.2, 0.25) is 5.91 Å². The Kier molecular flexibility index (Phi) is 4.29. The van der Waals surface area contributed by atoms with Gasteiger partial charge in [-0.1, -0.05) is 36.2 Å². The van der Waals surface area contributed by atoms with Crippen LogP contribution >= 0.6 is 0 Å². The second-order valence-electron chi connectivity index (χ2n) is 6.72. The smallest absolute Gasteiger partial charge is 0.223 e. The zero-order valence-corrected chi connectivity index (χ0v) is 12.9. The standard InChI is InChI=1S/C18H26N2O/c1-13-5-2-7-15(11-13)17-9-4-10-20(17)18(21)12-14-6-3-8-16(14)19/h2,5,7,11,14,16-17H,3-4,6,8-10,12,19H2,1H3/t14-,16+,17?/m0/s1. The third kappa shape index (κ3) is 3.13. The molecule has 2 fully saturated rings. The van der Waals surface area contributed by atoms with Crippen molar-refractivity contribution in [3.8, 4) is 0 Å². The molecule has 0 radical (unpaired) electrons. The van der Waals surface area contributed by atoms with Crippen molar-refractivity contribution in [1.82, 2.24) is 4.90 Å². The molecular weight excluding hydrogens is 260 g/mol. The molecule has 21 heavy (non-hydrogen) atoms. The van der Waals surface area contributed by atoms with Crippen molar-refractivity contribution in [2.24, 2.45) is 11.7 Å². The number of amides is 1. The number of benzene rings is 1. The minimum Gasteiger partial charge on any atom is -0.336 e. The maximum atomic E-state index is 12.7. The van der Waals surface area contributed by atoms with Crippen molar-refractivity contribution in [3.05, 3.63) is 35.4 Å². The van der Waals surface area contributed by atoms with Crippen molar-refractivity contribution in [2.75, 3.05) is 6.54 Å². The Morgan fingerprint density at radius 1 is 1.29 bits per heavy atom. The summed E-state index contributed by atoms with van der Waals surface area (Å²) >= 11 is 0. The number of nitrogens with zero attached hydrogens (tertiary/aromatic N) is 1. The average Bonchev–Trinajstić information content (AvgIpc) is 3.08. The van der Waals surface area contributed by atoms with Gasteiger partial charge in [0, 0.05) is 19.0 Å². The molecule has 1 saturated carbocycles. The molecular formula is C18H26N2O. The van der Waals surface area contributed by atoms with Gasteiger partial charge in [-0.2, -0.15) is 0 Å². The van der Waals surface area contributed by atoms with E-state index in [4.69, 9.17) is 5.73 Å². The van der Waals surface area contributed by atoms with Gasteiger partial charge in [-0.15, -0.1) is 0 Å². The molecule has 1 saturated heterocycles. The first-order valence-corrected chi connectivity index (χ1v) is 8.27. The van der Waals surface area contributed by atoms with E-state index >= 15 is 0 Å². The third-order valence-electron chi connectivity index (χ3n) is 5.15. The highest BCUT2D eigenvalue weighted by atomic mass is 16.2. The summed E-state index contributed by atoms with van der Waals surface area (Å²) in [4.78, 5) is 14.8. The van der Waals surface area contributed by atoms with Crippen molar-refractivity contribution in [2.45, 2.75) is 57.5 Å². The molecule has 2 aliphatic rings. The number of hydrogen-bond acceptors (Lipinski definition) is 2. The zero-order chi connectivity index (χ0) is 14.8. The number of hydrogen-bond donors (Lipinski definition) is 1. The van der Waals surface area contributed by atoms with Crippen molar-refractivity contribution < 1.29 is 4.79 Å². The van der Waals surface area contributed by atoms with E-state index in [2.05, 4.69) is 36.1 Å². The Morgan fingerprint density at radius 3 is 2.86 bits per heavy atom. The van der Waals surface area contributed by atoms with E-state index in [0.29, 0.717) is 18.2 Å². The lowest BCUT2D eigenvalue weighted by molar-refractivity contribution is -0.133. The summed E-state index contributed by atoms with van der Waals surface area (Å²) in [6, 6.07) is 9.09. The van der Waals surface area contributed by atoms with Crippen LogP contribution in [0.4, 0.5) is 0 Å². The van der Waals surface area contributed by atoms with Gasteiger partial charge in [-0.25, -0.2) is 0 Å². The summed E-state index contributed by atoms with van der Waals surface area (Å²) in [6.07, 6.45) is 6.23. The van der Waals surface area contributed by atoms with Crippen LogP contribution in [0.1, 0.15) is 55.7 Å². The van der Waals surface area contributed by atoms with E-state index in [0.717, 1.165) is 32.2 Å². The molecule has 114 valence electrons. The minimum absolute atomic E-state index is 0.231. The Morgan fingerprint density at radius 2 is 2.14 bits per heavy atom. The van der Waals surface area contributed by atoms with Gasteiger partial charge in [0.25, 0.3) is 0 Å². The highest BCUT2D eigenvalue weighted by Gasteiger charge is 2.33. The summed E-state index contributed by atoms with van der Waals surface area (Å²) in [5, 5.41) is 0. The topological polar surface area (TPSA) is 46.3 Å². The van der Waals surface area contributed by atoms with Crippen molar-refractivity contribution in [1.29, 1.82) is 0 Å². The predicted octanol–water partition coefficient (Wildman–Crippen LogP) is 3.18. The second-order valence-corrected chi connectivity index (χ2v) is 6.72. The first-order valence-electron chi connectivity index (χ1n) is 8.27. The number of aryl methyl sites for hydroxylation is 1. The van der Waals surface area contributed by atoms with Gasteiger partial charge >= 0.3 is 0 Å². The van der Waals surface area contributed by atoms with Gasteiger partial charge in [0.05, 0.1) is 6.04 Å². The van der Waals surface area contributed by atoms with Crippen molar-refractivity contribution in [3.63, 3.8) is 0 Å². The van der Waals surface area contributed by atoms with Crippen LogP contribution in [0.3, 0.4) is 0 Å². The highest BCUT2D eigenvalue weighted by Crippen LogP contribution is 2.35. The molecule has 3 atom stereocenters. The highest BCUT2D eigenvalue weighted by molar-refractivity contribution is 5.77. The van der Waals surface area contributed by atoms with Gasteiger partial charge in [0.15, 0.2) is 0 Å². The SMILES string of the molecule is Cc1cccc(C2CCCN2C(=O)C[C@@H]2CCC[C@H]2N)c1. The monoisotopic (exact) mass is 286 g/mol. The molecule has 1 aromatic carbocycles. The van der Waals surface area contributed by atoms with Crippen LogP contribution in [0.15, 0.2) is 24.3 Å².